The van der Waals surface area contributed by atoms with Crippen LogP contribution >= 0.6 is 0 Å². The van der Waals surface area contributed by atoms with E-state index in [1.807, 2.05) is 0 Å². The molecule has 48 heavy (non-hydrogen) atoms. The molecule has 2 aliphatic rings. The number of aromatic nitrogens is 4. The third kappa shape index (κ3) is 8.63. The number of hydrogen-bond donors (Lipinski definition) is 3. The van der Waals surface area contributed by atoms with Gasteiger partial charge in [-0.05, 0) is 45.7 Å². The molecule has 1 saturated carbocycles. The van der Waals surface area contributed by atoms with Gasteiger partial charge in [0.2, 0.25) is 11.8 Å². The van der Waals surface area contributed by atoms with Gasteiger partial charge in [-0.25, -0.2) is 4.79 Å². The lowest BCUT2D eigenvalue weighted by Crippen LogP contribution is -2.52. The number of ether oxygens (including phenoxy) is 2. The van der Waals surface area contributed by atoms with Gasteiger partial charge in [-0.2, -0.15) is 4.98 Å². The van der Waals surface area contributed by atoms with Crippen LogP contribution in [0.1, 0.15) is 49.9 Å². The van der Waals surface area contributed by atoms with Gasteiger partial charge in [0.15, 0.2) is 23.1 Å². The van der Waals surface area contributed by atoms with Crippen molar-refractivity contribution in [3.8, 4) is 17.2 Å². The molecule has 244 valence electrons. The predicted molar refractivity (Wildman–Crippen MR) is 174 cm³/mol. The summed E-state index contributed by atoms with van der Waals surface area (Å²) in [6, 6.07) is 6.44. The Balaban J connectivity index is 1.35. The first-order chi connectivity index (χ1) is 22.6. The zero-order chi connectivity index (χ0) is 34.8. The smallest absolute Gasteiger partial charge is 0.410 e. The largest absolute Gasteiger partial charge is 0.494 e. The number of anilines is 3. The Morgan fingerprint density at radius 3 is 2.48 bits per heavy atom. The van der Waals surface area contributed by atoms with Gasteiger partial charge in [-0.3, -0.25) is 19.3 Å². The summed E-state index contributed by atoms with van der Waals surface area (Å²) in [5, 5.41) is 17.9. The maximum Gasteiger partial charge on any atom is 0.410 e. The van der Waals surface area contributed by atoms with Crippen LogP contribution in [0.3, 0.4) is 0 Å². The highest BCUT2D eigenvalue weighted by atomic mass is 16.6. The second kappa shape index (κ2) is 13.6. The second-order valence-electron chi connectivity index (χ2n) is 12.4. The SMILES string of the molecule is [B]C([B])([B])NC(=O)c1nnc(NC(=O)C2CC2)cc1Nc1cccc(-c2nc(CN3CCN(C(=O)OC(C)(C)C)CC3=O)no2)c1OC. The van der Waals surface area contributed by atoms with E-state index in [0.717, 1.165) is 12.8 Å². The number of hydrogen-bond acceptors (Lipinski definition) is 12. The topological polar surface area (TPSA) is 194 Å². The van der Waals surface area contributed by atoms with Gasteiger partial charge in [-0.1, -0.05) is 16.5 Å². The van der Waals surface area contributed by atoms with Gasteiger partial charge in [0.25, 0.3) is 11.8 Å². The number of piperazine rings is 1. The summed E-state index contributed by atoms with van der Waals surface area (Å²) in [5.74, 6) is -0.770. The number of methoxy groups -OCH3 is 1. The van der Waals surface area contributed by atoms with Crippen LogP contribution < -0.4 is 20.7 Å². The van der Waals surface area contributed by atoms with Crippen molar-refractivity contribution in [1.29, 1.82) is 0 Å². The highest BCUT2D eigenvalue weighted by molar-refractivity contribution is 6.60. The van der Waals surface area contributed by atoms with E-state index in [2.05, 4.69) is 36.3 Å². The standard InChI is InChI=1S/C29H32B3N9O7/c1-28(2,3)47-27(45)41-11-10-40(21(42)14-41)13-20-35-26(48-39-20)16-6-5-7-17(23(16)46-4)33-18-12-19(34-24(43)15-8-9-15)37-38-22(18)25(44)36-29(30,31)32/h5-7,12,15H,8-11,13-14H2,1-4H3,(H,36,44)(H2,33,34,37,43). The first kappa shape index (κ1) is 34.3. The highest BCUT2D eigenvalue weighted by Gasteiger charge is 2.32. The fourth-order valence-corrected chi connectivity index (χ4v) is 4.67. The fraction of sp³-hybridized carbons (Fsp3) is 0.448. The van der Waals surface area contributed by atoms with E-state index in [-0.39, 0.29) is 78.6 Å². The van der Waals surface area contributed by atoms with Crippen LogP contribution in [0.4, 0.5) is 22.0 Å². The molecule has 1 saturated heterocycles. The van der Waals surface area contributed by atoms with Crippen LogP contribution in [0, 0.1) is 5.92 Å². The van der Waals surface area contributed by atoms with Gasteiger partial charge < -0.3 is 34.8 Å². The number of benzene rings is 1. The Morgan fingerprint density at radius 2 is 1.83 bits per heavy atom. The van der Waals surface area contributed by atoms with Crippen molar-refractivity contribution in [2.45, 2.75) is 51.0 Å². The second-order valence-corrected chi connectivity index (χ2v) is 12.4. The van der Waals surface area contributed by atoms with E-state index in [0.29, 0.717) is 11.3 Å². The lowest BCUT2D eigenvalue weighted by Gasteiger charge is -2.34. The quantitative estimate of drug-likeness (QED) is 0.265. The van der Waals surface area contributed by atoms with Crippen LogP contribution in [-0.2, 0) is 20.9 Å². The summed E-state index contributed by atoms with van der Waals surface area (Å²) in [4.78, 5) is 57.9. The van der Waals surface area contributed by atoms with Gasteiger partial charge in [-0.15, -0.1) is 10.2 Å². The number of amides is 4. The molecular weight excluding hydrogens is 619 g/mol. The molecule has 1 aromatic carbocycles. The highest BCUT2D eigenvalue weighted by Crippen LogP contribution is 2.38. The predicted octanol–water partition coefficient (Wildman–Crippen LogP) is 1.05. The number of para-hydroxylation sites is 1. The Bertz CT molecular complexity index is 1720. The van der Waals surface area contributed by atoms with E-state index < -0.39 is 22.8 Å². The average molecular weight is 651 g/mol. The molecule has 3 heterocycles. The van der Waals surface area contributed by atoms with E-state index in [9.17, 15) is 19.2 Å². The van der Waals surface area contributed by atoms with Crippen molar-refractivity contribution in [2.24, 2.45) is 5.92 Å². The van der Waals surface area contributed by atoms with Gasteiger partial charge in [0.1, 0.15) is 12.1 Å². The molecule has 1 aliphatic carbocycles. The van der Waals surface area contributed by atoms with E-state index in [4.69, 9.17) is 37.5 Å². The Labute approximate surface area is 280 Å². The number of carbonyl (C=O) groups is 4. The first-order valence-electron chi connectivity index (χ1n) is 15.0. The number of nitrogens with zero attached hydrogens (tertiary/aromatic N) is 6. The molecule has 6 radical (unpaired) electrons. The molecule has 0 unspecified atom stereocenters. The molecule has 19 heteroatoms. The van der Waals surface area contributed by atoms with Crippen LogP contribution in [-0.4, -0.2) is 115 Å². The molecule has 2 fully saturated rings. The molecule has 4 amide bonds. The molecule has 2 aromatic heterocycles. The minimum Gasteiger partial charge on any atom is -0.494 e. The Morgan fingerprint density at radius 1 is 1.08 bits per heavy atom. The summed E-state index contributed by atoms with van der Waals surface area (Å²) in [7, 11) is 18.1. The van der Waals surface area contributed by atoms with E-state index in [1.165, 1.54) is 23.0 Å². The van der Waals surface area contributed by atoms with Crippen LogP contribution in [0.25, 0.3) is 11.5 Å². The molecule has 0 bridgehead atoms. The maximum atomic E-state index is 13.0. The van der Waals surface area contributed by atoms with Gasteiger partial charge in [0, 0.05) is 25.1 Å². The van der Waals surface area contributed by atoms with Gasteiger partial charge in [0.05, 0.1) is 54.1 Å². The van der Waals surface area contributed by atoms with E-state index >= 15 is 0 Å². The van der Waals surface area contributed by atoms with Crippen molar-refractivity contribution >= 4 is 64.5 Å². The molecule has 16 nitrogen and oxygen atoms in total. The lowest BCUT2D eigenvalue weighted by atomic mass is 9.49. The Hall–Kier alpha value is -5.09. The first-order valence-corrected chi connectivity index (χ1v) is 15.0. The molecule has 0 atom stereocenters. The van der Waals surface area contributed by atoms with Crippen molar-refractivity contribution in [2.75, 3.05) is 37.4 Å². The molecule has 1 aliphatic heterocycles. The zero-order valence-corrected chi connectivity index (χ0v) is 26.9. The fourth-order valence-electron chi connectivity index (χ4n) is 4.67. The molecule has 3 N–H and O–H groups in total. The minimum absolute atomic E-state index is 0.0478. The molecule has 5 rings (SSSR count). The number of nitrogens with one attached hydrogen (secondary N) is 3. The van der Waals surface area contributed by atoms with E-state index in [1.54, 1.807) is 39.0 Å². The minimum atomic E-state index is -2.04. The van der Waals surface area contributed by atoms with Crippen molar-refractivity contribution in [3.05, 3.63) is 35.8 Å². The summed E-state index contributed by atoms with van der Waals surface area (Å²) >= 11 is 0. The maximum absolute atomic E-state index is 13.0. The lowest BCUT2D eigenvalue weighted by molar-refractivity contribution is -0.136. The van der Waals surface area contributed by atoms with Crippen molar-refractivity contribution in [3.63, 3.8) is 0 Å². The molecule has 3 aromatic rings. The molecular formula is C29H32B3N9O7. The third-order valence-corrected chi connectivity index (χ3v) is 7.03. The summed E-state index contributed by atoms with van der Waals surface area (Å²) in [6.45, 7) is 5.71. The molecule has 0 spiro atoms. The summed E-state index contributed by atoms with van der Waals surface area (Å²) in [5.41, 5.74) is -0.0506. The summed E-state index contributed by atoms with van der Waals surface area (Å²) in [6.07, 6.45) is 0.997. The van der Waals surface area contributed by atoms with Crippen LogP contribution in [0.15, 0.2) is 28.8 Å². The summed E-state index contributed by atoms with van der Waals surface area (Å²) < 4.78 is 16.6. The zero-order valence-electron chi connectivity index (χ0n) is 26.9. The van der Waals surface area contributed by atoms with Gasteiger partial charge >= 0.3 is 6.09 Å². The number of carbonyl (C=O) groups excluding carboxylic acids is 4. The van der Waals surface area contributed by atoms with Crippen LogP contribution in [0.2, 0.25) is 0 Å². The van der Waals surface area contributed by atoms with Crippen molar-refractivity contribution in [1.82, 2.24) is 35.5 Å². The monoisotopic (exact) mass is 651 g/mol. The Kier molecular flexibility index (Phi) is 9.68. The van der Waals surface area contributed by atoms with Crippen molar-refractivity contribution < 1.29 is 33.2 Å². The third-order valence-electron chi connectivity index (χ3n) is 7.03. The average Bonchev–Trinajstić information content (AvgIpc) is 3.75. The normalized spacial score (nSPS) is 15.1. The van der Waals surface area contributed by atoms with Crippen LogP contribution in [0.5, 0.6) is 5.75 Å². The number of rotatable bonds is 10.